The SMILES string of the molecule is O=C(O)N1CCN2Cc3cc(F)c(Br)cc3OC[C@H]2C1. The van der Waals surface area contributed by atoms with E-state index in [-0.39, 0.29) is 11.9 Å². The van der Waals surface area contributed by atoms with Gasteiger partial charge in [0.15, 0.2) is 0 Å². The maximum absolute atomic E-state index is 13.6. The molecule has 1 amide bonds. The minimum absolute atomic E-state index is 0.00841. The molecule has 0 aromatic heterocycles. The molecule has 1 fully saturated rings. The van der Waals surface area contributed by atoms with Crippen molar-refractivity contribution in [1.29, 1.82) is 0 Å². The Balaban J connectivity index is 1.83. The number of fused-ring (bicyclic) bond motifs is 2. The largest absolute Gasteiger partial charge is 0.492 e. The predicted octanol–water partition coefficient (Wildman–Crippen LogP) is 2.14. The summed E-state index contributed by atoms with van der Waals surface area (Å²) in [7, 11) is 0. The van der Waals surface area contributed by atoms with Crippen molar-refractivity contribution in [2.45, 2.75) is 12.6 Å². The molecule has 0 saturated carbocycles. The van der Waals surface area contributed by atoms with Crippen LogP contribution in [0.1, 0.15) is 5.56 Å². The number of nitrogens with zero attached hydrogens (tertiary/aromatic N) is 2. The summed E-state index contributed by atoms with van der Waals surface area (Å²) < 4.78 is 19.7. The highest BCUT2D eigenvalue weighted by molar-refractivity contribution is 9.10. The van der Waals surface area contributed by atoms with Crippen molar-refractivity contribution >= 4 is 22.0 Å². The number of piperazine rings is 1. The lowest BCUT2D eigenvalue weighted by Crippen LogP contribution is -2.55. The van der Waals surface area contributed by atoms with Crippen LogP contribution in [0.5, 0.6) is 5.75 Å². The molecule has 0 spiro atoms. The fourth-order valence-corrected chi connectivity index (χ4v) is 2.99. The van der Waals surface area contributed by atoms with E-state index in [1.54, 1.807) is 6.07 Å². The lowest BCUT2D eigenvalue weighted by molar-refractivity contribution is 0.0503. The number of hydrogen-bond acceptors (Lipinski definition) is 3. The van der Waals surface area contributed by atoms with Gasteiger partial charge in [0.25, 0.3) is 0 Å². The van der Waals surface area contributed by atoms with Crippen LogP contribution in [0.2, 0.25) is 0 Å². The predicted molar refractivity (Wildman–Crippen MR) is 73.4 cm³/mol. The standard InChI is InChI=1S/C13H14BrFN2O3/c14-10-4-12-8(3-11(10)15)5-16-1-2-17(13(18)19)6-9(16)7-20-12/h3-4,9H,1-2,5-7H2,(H,18,19)/t9-/m1/s1. The van der Waals surface area contributed by atoms with Crippen molar-refractivity contribution in [3.05, 3.63) is 28.0 Å². The zero-order chi connectivity index (χ0) is 14.3. The van der Waals surface area contributed by atoms with Gasteiger partial charge in [-0.05, 0) is 28.1 Å². The number of rotatable bonds is 0. The van der Waals surface area contributed by atoms with Crippen LogP contribution in [-0.4, -0.2) is 53.3 Å². The Labute approximate surface area is 124 Å². The quantitative estimate of drug-likeness (QED) is 0.783. The molecule has 1 saturated heterocycles. The van der Waals surface area contributed by atoms with Crippen molar-refractivity contribution in [3.8, 4) is 5.75 Å². The van der Waals surface area contributed by atoms with Gasteiger partial charge in [-0.1, -0.05) is 0 Å². The highest BCUT2D eigenvalue weighted by Gasteiger charge is 2.32. The Kier molecular flexibility index (Phi) is 3.55. The molecule has 2 aliphatic rings. The van der Waals surface area contributed by atoms with E-state index >= 15 is 0 Å². The van der Waals surface area contributed by atoms with Gasteiger partial charge < -0.3 is 14.7 Å². The summed E-state index contributed by atoms with van der Waals surface area (Å²) in [5.74, 6) is 0.351. The van der Waals surface area contributed by atoms with Gasteiger partial charge in [-0.15, -0.1) is 0 Å². The van der Waals surface area contributed by atoms with Crippen LogP contribution < -0.4 is 4.74 Å². The fourth-order valence-electron chi connectivity index (χ4n) is 2.67. The number of ether oxygens (including phenoxy) is 1. The summed E-state index contributed by atoms with van der Waals surface area (Å²) in [5.41, 5.74) is 0.803. The van der Waals surface area contributed by atoms with E-state index in [0.29, 0.717) is 43.0 Å². The molecule has 0 bridgehead atoms. The van der Waals surface area contributed by atoms with Crippen LogP contribution in [0.15, 0.2) is 16.6 Å². The van der Waals surface area contributed by atoms with Crippen LogP contribution in [0.4, 0.5) is 9.18 Å². The van der Waals surface area contributed by atoms with Gasteiger partial charge in [-0.3, -0.25) is 4.90 Å². The second kappa shape index (κ2) is 5.21. The van der Waals surface area contributed by atoms with Gasteiger partial charge in [0.2, 0.25) is 0 Å². The van der Waals surface area contributed by atoms with E-state index in [1.165, 1.54) is 11.0 Å². The summed E-state index contributed by atoms with van der Waals surface area (Å²) in [4.78, 5) is 14.6. The number of benzene rings is 1. The highest BCUT2D eigenvalue weighted by atomic mass is 79.9. The second-order valence-electron chi connectivity index (χ2n) is 5.04. The molecule has 20 heavy (non-hydrogen) atoms. The third-order valence-electron chi connectivity index (χ3n) is 3.78. The van der Waals surface area contributed by atoms with Gasteiger partial charge in [0, 0.05) is 31.7 Å². The maximum atomic E-state index is 13.6. The third-order valence-corrected chi connectivity index (χ3v) is 4.39. The van der Waals surface area contributed by atoms with Crippen molar-refractivity contribution in [3.63, 3.8) is 0 Å². The van der Waals surface area contributed by atoms with Gasteiger partial charge in [0.05, 0.1) is 10.5 Å². The summed E-state index contributed by atoms with van der Waals surface area (Å²) in [6, 6.07) is 3.12. The summed E-state index contributed by atoms with van der Waals surface area (Å²) in [5, 5.41) is 9.06. The molecule has 1 N–H and O–H groups in total. The third kappa shape index (κ3) is 2.47. The maximum Gasteiger partial charge on any atom is 0.407 e. The highest BCUT2D eigenvalue weighted by Crippen LogP contribution is 2.31. The molecule has 1 aromatic carbocycles. The number of carboxylic acid groups (broad SMARTS) is 1. The van der Waals surface area contributed by atoms with E-state index in [0.717, 1.165) is 5.56 Å². The zero-order valence-corrected chi connectivity index (χ0v) is 12.3. The molecular weight excluding hydrogens is 331 g/mol. The Bertz CT molecular complexity index is 555. The van der Waals surface area contributed by atoms with E-state index in [9.17, 15) is 9.18 Å². The topological polar surface area (TPSA) is 53.0 Å². The molecule has 0 unspecified atom stereocenters. The molecule has 3 rings (SSSR count). The first-order valence-corrected chi connectivity index (χ1v) is 7.16. The van der Waals surface area contributed by atoms with Crippen LogP contribution >= 0.6 is 15.9 Å². The first-order chi connectivity index (χ1) is 9.54. The minimum atomic E-state index is -0.903. The van der Waals surface area contributed by atoms with E-state index in [2.05, 4.69) is 20.8 Å². The molecule has 5 nitrogen and oxygen atoms in total. The molecule has 0 radical (unpaired) electrons. The monoisotopic (exact) mass is 344 g/mol. The summed E-state index contributed by atoms with van der Waals surface area (Å²) in [6.07, 6.45) is -0.903. The first kappa shape index (κ1) is 13.6. The average Bonchev–Trinajstić information content (AvgIpc) is 2.58. The molecule has 7 heteroatoms. The smallest absolute Gasteiger partial charge is 0.407 e. The normalized spacial score (nSPS) is 22.5. The molecule has 2 aliphatic heterocycles. The summed E-state index contributed by atoms with van der Waals surface area (Å²) in [6.45, 7) is 2.52. The van der Waals surface area contributed by atoms with Crippen molar-refractivity contribution in [2.24, 2.45) is 0 Å². The number of amides is 1. The first-order valence-electron chi connectivity index (χ1n) is 6.37. The van der Waals surface area contributed by atoms with Crippen LogP contribution in [0.3, 0.4) is 0 Å². The van der Waals surface area contributed by atoms with Gasteiger partial charge in [-0.25, -0.2) is 9.18 Å². The van der Waals surface area contributed by atoms with Crippen LogP contribution in [0.25, 0.3) is 0 Å². The minimum Gasteiger partial charge on any atom is -0.492 e. The second-order valence-corrected chi connectivity index (χ2v) is 5.89. The van der Waals surface area contributed by atoms with Crippen molar-refractivity contribution in [1.82, 2.24) is 9.80 Å². The van der Waals surface area contributed by atoms with Crippen LogP contribution in [-0.2, 0) is 6.54 Å². The molecule has 2 heterocycles. The Morgan fingerprint density at radius 1 is 1.45 bits per heavy atom. The molecule has 0 aliphatic carbocycles. The molecular formula is C13H14BrFN2O3. The van der Waals surface area contributed by atoms with Crippen molar-refractivity contribution in [2.75, 3.05) is 26.2 Å². The molecule has 1 aromatic rings. The molecule has 108 valence electrons. The van der Waals surface area contributed by atoms with Crippen LogP contribution in [0, 0.1) is 5.82 Å². The van der Waals surface area contributed by atoms with Gasteiger partial charge in [-0.2, -0.15) is 0 Å². The molecule has 1 atom stereocenters. The zero-order valence-electron chi connectivity index (χ0n) is 10.7. The van der Waals surface area contributed by atoms with E-state index < -0.39 is 6.09 Å². The number of hydrogen-bond donors (Lipinski definition) is 1. The average molecular weight is 345 g/mol. The van der Waals surface area contributed by atoms with Crippen molar-refractivity contribution < 1.29 is 19.0 Å². The Morgan fingerprint density at radius 3 is 3.00 bits per heavy atom. The van der Waals surface area contributed by atoms with Gasteiger partial charge >= 0.3 is 6.09 Å². The Hall–Kier alpha value is -1.34. The van der Waals surface area contributed by atoms with E-state index in [1.807, 2.05) is 0 Å². The fraction of sp³-hybridized carbons (Fsp3) is 0.462. The lowest BCUT2D eigenvalue weighted by atomic mass is 10.1. The summed E-state index contributed by atoms with van der Waals surface area (Å²) >= 11 is 3.15. The number of halogens is 2. The number of carbonyl (C=O) groups is 1. The Morgan fingerprint density at radius 2 is 2.25 bits per heavy atom. The van der Waals surface area contributed by atoms with E-state index in [4.69, 9.17) is 9.84 Å². The lowest BCUT2D eigenvalue weighted by Gasteiger charge is -2.38. The van der Waals surface area contributed by atoms with Gasteiger partial charge in [0.1, 0.15) is 18.2 Å².